The average Bonchev–Trinajstić information content (AvgIpc) is 2.78. The first-order valence-electron chi connectivity index (χ1n) is 6.00. The van der Waals surface area contributed by atoms with Gasteiger partial charge in [0.25, 0.3) is 0 Å². The Hall–Kier alpha value is -1.75. The molecule has 5 heteroatoms. The van der Waals surface area contributed by atoms with E-state index in [0.717, 1.165) is 31.7 Å². The number of carbonyl (C=O) groups is 1. The highest BCUT2D eigenvalue weighted by Crippen LogP contribution is 2.45. The second kappa shape index (κ2) is 4.49. The SMILES string of the molecule is NCC1(c2cc(C(=O)O)c(O)cc2O)CCCC1. The largest absolute Gasteiger partial charge is 0.508 e. The van der Waals surface area contributed by atoms with Crippen molar-refractivity contribution in [1.82, 2.24) is 0 Å². The second-order valence-electron chi connectivity index (χ2n) is 4.88. The molecule has 0 spiro atoms. The Labute approximate surface area is 105 Å². The van der Waals surface area contributed by atoms with Crippen molar-refractivity contribution in [3.05, 3.63) is 23.3 Å². The molecule has 0 unspecified atom stereocenters. The standard InChI is InChI=1S/C13H17NO4/c14-7-13(3-1-2-4-13)9-5-8(12(17)18)10(15)6-11(9)16/h5-6,15-16H,1-4,7,14H2,(H,17,18). The lowest BCUT2D eigenvalue weighted by Gasteiger charge is -2.29. The molecule has 1 saturated carbocycles. The third kappa shape index (κ3) is 1.90. The number of hydrogen-bond acceptors (Lipinski definition) is 4. The van der Waals surface area contributed by atoms with Crippen LogP contribution in [-0.2, 0) is 5.41 Å². The number of phenolic OH excluding ortho intramolecular Hbond substituents is 1. The van der Waals surface area contributed by atoms with Crippen LogP contribution < -0.4 is 5.73 Å². The molecule has 5 nitrogen and oxygen atoms in total. The van der Waals surface area contributed by atoms with Gasteiger partial charge in [0.1, 0.15) is 17.1 Å². The minimum atomic E-state index is -1.21. The number of rotatable bonds is 3. The first-order chi connectivity index (χ1) is 8.50. The number of carboxylic acids is 1. The monoisotopic (exact) mass is 251 g/mol. The summed E-state index contributed by atoms with van der Waals surface area (Å²) in [7, 11) is 0. The lowest BCUT2D eigenvalue weighted by molar-refractivity contribution is 0.0693. The fourth-order valence-corrected chi connectivity index (χ4v) is 2.81. The zero-order valence-electron chi connectivity index (χ0n) is 10.0. The fraction of sp³-hybridized carbons (Fsp3) is 0.462. The van der Waals surface area contributed by atoms with Crippen LogP contribution in [-0.4, -0.2) is 27.8 Å². The maximum Gasteiger partial charge on any atom is 0.339 e. The van der Waals surface area contributed by atoms with Gasteiger partial charge in [-0.15, -0.1) is 0 Å². The van der Waals surface area contributed by atoms with Gasteiger partial charge in [-0.1, -0.05) is 12.8 Å². The molecule has 0 aliphatic heterocycles. The minimum absolute atomic E-state index is 0.0788. The Kier molecular flexibility index (Phi) is 3.17. The summed E-state index contributed by atoms with van der Waals surface area (Å²) in [5.41, 5.74) is 5.80. The van der Waals surface area contributed by atoms with E-state index in [-0.39, 0.29) is 16.7 Å². The van der Waals surface area contributed by atoms with Crippen LogP contribution in [0.3, 0.4) is 0 Å². The summed E-state index contributed by atoms with van der Waals surface area (Å²) in [5, 5.41) is 28.5. The number of hydrogen-bond donors (Lipinski definition) is 4. The number of benzene rings is 1. The molecule has 0 aromatic heterocycles. The molecule has 5 N–H and O–H groups in total. The third-order valence-corrected chi connectivity index (χ3v) is 3.87. The average molecular weight is 251 g/mol. The zero-order chi connectivity index (χ0) is 13.3. The van der Waals surface area contributed by atoms with Crippen molar-refractivity contribution in [2.75, 3.05) is 6.54 Å². The molecule has 1 aromatic rings. The van der Waals surface area contributed by atoms with Gasteiger partial charge in [-0.05, 0) is 18.9 Å². The van der Waals surface area contributed by atoms with E-state index in [4.69, 9.17) is 10.8 Å². The summed E-state index contributed by atoms with van der Waals surface area (Å²) in [6.07, 6.45) is 3.70. The molecule has 1 aliphatic carbocycles. The number of aromatic carboxylic acids is 1. The van der Waals surface area contributed by atoms with Crippen molar-refractivity contribution in [2.45, 2.75) is 31.1 Å². The van der Waals surface area contributed by atoms with Gasteiger partial charge < -0.3 is 21.1 Å². The molecule has 2 rings (SSSR count). The number of carboxylic acid groups (broad SMARTS) is 1. The van der Waals surface area contributed by atoms with Gasteiger partial charge in [0.2, 0.25) is 0 Å². The lowest BCUT2D eigenvalue weighted by atomic mass is 9.78. The van der Waals surface area contributed by atoms with Crippen LogP contribution in [0.2, 0.25) is 0 Å². The molecule has 0 atom stereocenters. The van der Waals surface area contributed by atoms with Gasteiger partial charge in [-0.2, -0.15) is 0 Å². The van der Waals surface area contributed by atoms with Gasteiger partial charge >= 0.3 is 5.97 Å². The quantitative estimate of drug-likeness (QED) is 0.652. The van der Waals surface area contributed by atoms with Gasteiger partial charge in [0.15, 0.2) is 0 Å². The third-order valence-electron chi connectivity index (χ3n) is 3.87. The number of nitrogens with two attached hydrogens (primary N) is 1. The Bertz CT molecular complexity index is 478. The van der Waals surface area contributed by atoms with Gasteiger partial charge in [-0.25, -0.2) is 4.79 Å². The van der Waals surface area contributed by atoms with Gasteiger partial charge in [0, 0.05) is 23.6 Å². The Morgan fingerprint density at radius 2 is 1.83 bits per heavy atom. The summed E-state index contributed by atoms with van der Waals surface area (Å²) in [4.78, 5) is 11.0. The Morgan fingerprint density at radius 1 is 1.22 bits per heavy atom. The van der Waals surface area contributed by atoms with Crippen molar-refractivity contribution in [3.63, 3.8) is 0 Å². The first kappa shape index (κ1) is 12.7. The van der Waals surface area contributed by atoms with E-state index >= 15 is 0 Å². The van der Waals surface area contributed by atoms with Crippen LogP contribution in [0.1, 0.15) is 41.6 Å². The lowest BCUT2D eigenvalue weighted by Crippen LogP contribution is -2.32. The van der Waals surface area contributed by atoms with Crippen molar-refractivity contribution in [2.24, 2.45) is 5.73 Å². The summed E-state index contributed by atoms with van der Waals surface area (Å²) >= 11 is 0. The molecule has 1 aliphatic rings. The highest BCUT2D eigenvalue weighted by Gasteiger charge is 2.37. The van der Waals surface area contributed by atoms with Crippen LogP contribution >= 0.6 is 0 Å². The molecule has 0 bridgehead atoms. The molecule has 1 fully saturated rings. The van der Waals surface area contributed by atoms with Crippen LogP contribution in [0.5, 0.6) is 11.5 Å². The van der Waals surface area contributed by atoms with E-state index in [9.17, 15) is 15.0 Å². The molecular formula is C13H17NO4. The van der Waals surface area contributed by atoms with E-state index in [1.54, 1.807) is 0 Å². The normalized spacial score (nSPS) is 17.8. The first-order valence-corrected chi connectivity index (χ1v) is 6.00. The van der Waals surface area contributed by atoms with Gasteiger partial charge in [0.05, 0.1) is 0 Å². The fourth-order valence-electron chi connectivity index (χ4n) is 2.81. The predicted molar refractivity (Wildman–Crippen MR) is 65.9 cm³/mol. The number of aromatic hydroxyl groups is 2. The molecule has 0 amide bonds. The van der Waals surface area contributed by atoms with Crippen molar-refractivity contribution in [3.8, 4) is 11.5 Å². The predicted octanol–water partition coefficient (Wildman–Crippen LogP) is 1.57. The molecular weight excluding hydrogens is 234 g/mol. The highest BCUT2D eigenvalue weighted by atomic mass is 16.4. The van der Waals surface area contributed by atoms with E-state index in [2.05, 4.69) is 0 Å². The molecule has 1 aromatic carbocycles. The smallest absolute Gasteiger partial charge is 0.339 e. The molecule has 98 valence electrons. The van der Waals surface area contributed by atoms with Crippen LogP contribution in [0.15, 0.2) is 12.1 Å². The summed E-state index contributed by atoms with van der Waals surface area (Å²) < 4.78 is 0. The van der Waals surface area contributed by atoms with E-state index < -0.39 is 11.7 Å². The zero-order valence-corrected chi connectivity index (χ0v) is 10.0. The van der Waals surface area contributed by atoms with Crippen LogP contribution in [0.25, 0.3) is 0 Å². The topological polar surface area (TPSA) is 104 Å². The minimum Gasteiger partial charge on any atom is -0.508 e. The van der Waals surface area contributed by atoms with Crippen molar-refractivity contribution >= 4 is 5.97 Å². The van der Waals surface area contributed by atoms with E-state index in [1.165, 1.54) is 6.07 Å². The van der Waals surface area contributed by atoms with E-state index in [1.807, 2.05) is 0 Å². The van der Waals surface area contributed by atoms with Crippen molar-refractivity contribution in [1.29, 1.82) is 0 Å². The summed E-state index contributed by atoms with van der Waals surface area (Å²) in [5.74, 6) is -1.71. The maximum atomic E-state index is 11.0. The van der Waals surface area contributed by atoms with Crippen LogP contribution in [0.4, 0.5) is 0 Å². The van der Waals surface area contributed by atoms with Crippen LogP contribution in [0, 0.1) is 0 Å². The summed E-state index contributed by atoms with van der Waals surface area (Å²) in [6, 6.07) is 2.44. The van der Waals surface area contributed by atoms with Gasteiger partial charge in [-0.3, -0.25) is 0 Å². The molecule has 0 saturated heterocycles. The number of phenols is 2. The highest BCUT2D eigenvalue weighted by molar-refractivity contribution is 5.91. The Balaban J connectivity index is 2.56. The molecule has 18 heavy (non-hydrogen) atoms. The second-order valence-corrected chi connectivity index (χ2v) is 4.88. The van der Waals surface area contributed by atoms with E-state index in [0.29, 0.717) is 12.1 Å². The summed E-state index contributed by atoms with van der Waals surface area (Å²) in [6.45, 7) is 0.365. The van der Waals surface area contributed by atoms with Crippen molar-refractivity contribution < 1.29 is 20.1 Å². The maximum absolute atomic E-state index is 11.0. The Morgan fingerprint density at radius 3 is 2.33 bits per heavy atom. The molecule has 0 heterocycles. The molecule has 0 radical (unpaired) electrons.